The van der Waals surface area contributed by atoms with Crippen molar-refractivity contribution in [2.24, 2.45) is 0 Å². The number of benzene rings is 1. The number of methoxy groups -OCH3 is 1. The van der Waals surface area contributed by atoms with Gasteiger partial charge >= 0.3 is 0 Å². The molecule has 2 rings (SSSR count). The summed E-state index contributed by atoms with van der Waals surface area (Å²) < 4.78 is 5.20. The number of carbonyl (C=O) groups is 1. The predicted molar refractivity (Wildman–Crippen MR) is 115 cm³/mol. The Bertz CT molecular complexity index is 780. The van der Waals surface area contributed by atoms with Crippen LogP contribution in [0.2, 0.25) is 0 Å². The van der Waals surface area contributed by atoms with Gasteiger partial charge in [-0.25, -0.2) is 0 Å². The van der Waals surface area contributed by atoms with E-state index in [0.29, 0.717) is 0 Å². The van der Waals surface area contributed by atoms with E-state index in [9.17, 15) is 4.79 Å². The molecule has 0 fully saturated rings. The number of aryl methyl sites for hydroxylation is 1. The fraction of sp³-hybridized carbons (Fsp3) is 0.333. The zero-order chi connectivity index (χ0) is 20.2. The number of nitrogens with one attached hydrogen (secondary N) is 1. The lowest BCUT2D eigenvalue weighted by Crippen LogP contribution is -2.31. The zero-order valence-electron chi connectivity index (χ0n) is 17.0. The molecule has 4 nitrogen and oxygen atoms in total. The molecule has 148 valence electrons. The Kier molecular flexibility index (Phi) is 8.99. The minimum atomic E-state index is -0.0599. The molecule has 0 saturated carbocycles. The van der Waals surface area contributed by atoms with Crippen LogP contribution < -0.4 is 10.1 Å². The van der Waals surface area contributed by atoms with Gasteiger partial charge in [0.05, 0.1) is 7.11 Å². The number of aromatic nitrogens is 1. The molecule has 0 aliphatic rings. The van der Waals surface area contributed by atoms with E-state index >= 15 is 0 Å². The SMILES string of the molecule is CCC(=CC=CC(=O)N[C@H](C)CCCc1cccnc1)c1ccc(OC)cc1. The predicted octanol–water partition coefficient (Wildman–Crippen LogP) is 4.97. The smallest absolute Gasteiger partial charge is 0.244 e. The molecule has 1 heterocycles. The molecule has 0 aliphatic heterocycles. The van der Waals surface area contributed by atoms with Gasteiger partial charge in [0.1, 0.15) is 5.75 Å². The van der Waals surface area contributed by atoms with Crippen molar-refractivity contribution in [3.05, 3.63) is 78.1 Å². The van der Waals surface area contributed by atoms with Crippen molar-refractivity contribution < 1.29 is 9.53 Å². The number of rotatable bonds is 10. The van der Waals surface area contributed by atoms with Gasteiger partial charge in [-0.15, -0.1) is 0 Å². The average molecular weight is 379 g/mol. The highest BCUT2D eigenvalue weighted by atomic mass is 16.5. The molecule has 1 amide bonds. The summed E-state index contributed by atoms with van der Waals surface area (Å²) in [7, 11) is 1.66. The minimum Gasteiger partial charge on any atom is -0.497 e. The number of nitrogens with zero attached hydrogens (tertiary/aromatic N) is 1. The summed E-state index contributed by atoms with van der Waals surface area (Å²) in [5, 5.41) is 3.03. The average Bonchev–Trinajstić information content (AvgIpc) is 2.72. The van der Waals surface area contributed by atoms with E-state index in [0.717, 1.165) is 37.0 Å². The Hall–Kier alpha value is -2.88. The van der Waals surface area contributed by atoms with E-state index in [2.05, 4.69) is 23.3 Å². The highest BCUT2D eigenvalue weighted by Crippen LogP contribution is 2.21. The first kappa shape index (κ1) is 21.4. The van der Waals surface area contributed by atoms with Crippen LogP contribution in [0, 0.1) is 0 Å². The quantitative estimate of drug-likeness (QED) is 0.469. The van der Waals surface area contributed by atoms with Crippen LogP contribution in [0.15, 0.2) is 67.0 Å². The minimum absolute atomic E-state index is 0.0599. The number of carbonyl (C=O) groups excluding carboxylic acids is 1. The first-order chi connectivity index (χ1) is 13.6. The molecular formula is C24H30N2O2. The van der Waals surface area contributed by atoms with E-state index < -0.39 is 0 Å². The first-order valence-electron chi connectivity index (χ1n) is 9.83. The van der Waals surface area contributed by atoms with Gasteiger partial charge in [0.25, 0.3) is 0 Å². The summed E-state index contributed by atoms with van der Waals surface area (Å²) in [5.41, 5.74) is 3.55. The molecular weight excluding hydrogens is 348 g/mol. The van der Waals surface area contributed by atoms with Crippen molar-refractivity contribution in [2.75, 3.05) is 7.11 Å². The van der Waals surface area contributed by atoms with Crippen molar-refractivity contribution in [3.8, 4) is 5.75 Å². The zero-order valence-corrected chi connectivity index (χ0v) is 17.0. The van der Waals surface area contributed by atoms with E-state index in [1.807, 2.05) is 55.6 Å². The van der Waals surface area contributed by atoms with Crippen LogP contribution in [0.1, 0.15) is 44.2 Å². The van der Waals surface area contributed by atoms with Gasteiger partial charge in [-0.3, -0.25) is 9.78 Å². The van der Waals surface area contributed by atoms with Crippen LogP contribution in [0.3, 0.4) is 0 Å². The Morgan fingerprint density at radius 3 is 2.68 bits per heavy atom. The monoisotopic (exact) mass is 378 g/mol. The lowest BCUT2D eigenvalue weighted by atomic mass is 10.0. The van der Waals surface area contributed by atoms with Crippen molar-refractivity contribution >= 4 is 11.5 Å². The molecule has 0 spiro atoms. The van der Waals surface area contributed by atoms with Crippen LogP contribution in [0.5, 0.6) is 5.75 Å². The molecule has 1 aromatic carbocycles. The van der Waals surface area contributed by atoms with E-state index in [1.54, 1.807) is 19.4 Å². The van der Waals surface area contributed by atoms with E-state index in [-0.39, 0.29) is 11.9 Å². The number of ether oxygens (including phenoxy) is 1. The van der Waals surface area contributed by atoms with Crippen LogP contribution in [-0.2, 0) is 11.2 Å². The number of hydrogen-bond donors (Lipinski definition) is 1. The van der Waals surface area contributed by atoms with Crippen LogP contribution in [-0.4, -0.2) is 24.0 Å². The number of hydrogen-bond acceptors (Lipinski definition) is 3. The first-order valence-corrected chi connectivity index (χ1v) is 9.83. The van der Waals surface area contributed by atoms with E-state index in [1.165, 1.54) is 11.1 Å². The number of pyridine rings is 1. The lowest BCUT2D eigenvalue weighted by Gasteiger charge is -2.12. The fourth-order valence-corrected chi connectivity index (χ4v) is 3.00. The van der Waals surface area contributed by atoms with Gasteiger partial charge in [-0.1, -0.05) is 37.3 Å². The second-order valence-electron chi connectivity index (χ2n) is 6.80. The summed E-state index contributed by atoms with van der Waals surface area (Å²) >= 11 is 0. The molecule has 1 atom stereocenters. The van der Waals surface area contributed by atoms with Crippen molar-refractivity contribution in [3.63, 3.8) is 0 Å². The Balaban J connectivity index is 1.79. The Morgan fingerprint density at radius 2 is 2.04 bits per heavy atom. The standard InChI is InChI=1S/C24H30N2O2/c1-4-21(22-13-15-23(28-3)16-14-22)11-6-12-24(27)26-19(2)8-5-9-20-10-7-17-25-18-20/h6-7,10-19H,4-5,8-9H2,1-3H3,(H,26,27)/t19-/m1/s1. The highest BCUT2D eigenvalue weighted by molar-refractivity contribution is 5.88. The molecule has 2 aromatic rings. The van der Waals surface area contributed by atoms with Gasteiger partial charge in [0, 0.05) is 24.5 Å². The van der Waals surface area contributed by atoms with Crippen molar-refractivity contribution in [1.29, 1.82) is 0 Å². The molecule has 0 bridgehead atoms. The Labute approximate surface area is 168 Å². The topological polar surface area (TPSA) is 51.2 Å². The van der Waals surface area contributed by atoms with Crippen LogP contribution in [0.4, 0.5) is 0 Å². The second kappa shape index (κ2) is 11.8. The van der Waals surface area contributed by atoms with Gasteiger partial charge in [-0.05, 0) is 67.5 Å². The van der Waals surface area contributed by atoms with Crippen LogP contribution >= 0.6 is 0 Å². The third-order valence-corrected chi connectivity index (χ3v) is 4.60. The maximum atomic E-state index is 12.1. The highest BCUT2D eigenvalue weighted by Gasteiger charge is 2.05. The maximum Gasteiger partial charge on any atom is 0.244 e. The van der Waals surface area contributed by atoms with Crippen molar-refractivity contribution in [2.45, 2.75) is 45.6 Å². The largest absolute Gasteiger partial charge is 0.497 e. The maximum absolute atomic E-state index is 12.1. The van der Waals surface area contributed by atoms with Gasteiger partial charge in [0.2, 0.25) is 5.91 Å². The van der Waals surface area contributed by atoms with Crippen LogP contribution in [0.25, 0.3) is 5.57 Å². The summed E-state index contributed by atoms with van der Waals surface area (Å²) in [6, 6.07) is 12.1. The molecule has 1 aromatic heterocycles. The number of amides is 1. The lowest BCUT2D eigenvalue weighted by molar-refractivity contribution is -0.117. The van der Waals surface area contributed by atoms with Crippen molar-refractivity contribution in [1.82, 2.24) is 10.3 Å². The molecule has 1 N–H and O–H groups in total. The normalized spacial score (nSPS) is 12.8. The van der Waals surface area contributed by atoms with Gasteiger partial charge < -0.3 is 10.1 Å². The van der Waals surface area contributed by atoms with Gasteiger partial charge in [-0.2, -0.15) is 0 Å². The molecule has 0 radical (unpaired) electrons. The third-order valence-electron chi connectivity index (χ3n) is 4.60. The molecule has 0 saturated heterocycles. The summed E-state index contributed by atoms with van der Waals surface area (Å²) in [6.07, 6.45) is 12.9. The summed E-state index contributed by atoms with van der Waals surface area (Å²) in [5.74, 6) is 0.780. The second-order valence-corrected chi connectivity index (χ2v) is 6.80. The summed E-state index contributed by atoms with van der Waals surface area (Å²) in [6.45, 7) is 4.15. The fourth-order valence-electron chi connectivity index (χ4n) is 3.00. The molecule has 28 heavy (non-hydrogen) atoms. The van der Waals surface area contributed by atoms with E-state index in [4.69, 9.17) is 4.74 Å². The third kappa shape index (κ3) is 7.39. The Morgan fingerprint density at radius 1 is 1.25 bits per heavy atom. The molecule has 0 aliphatic carbocycles. The summed E-state index contributed by atoms with van der Waals surface area (Å²) in [4.78, 5) is 16.2. The van der Waals surface area contributed by atoms with Gasteiger partial charge in [0.15, 0.2) is 0 Å². The number of allylic oxidation sites excluding steroid dienone is 3. The molecule has 4 heteroatoms. The molecule has 0 unspecified atom stereocenters.